The Balaban J connectivity index is 2.15. The third-order valence-corrected chi connectivity index (χ3v) is 1.87. The van der Waals surface area contributed by atoms with Crippen molar-refractivity contribution in [3.63, 3.8) is 0 Å². The van der Waals surface area contributed by atoms with Gasteiger partial charge in [-0.15, -0.1) is 0 Å². The molecule has 2 N–H and O–H groups in total. The molecule has 1 fully saturated rings. The second-order valence-corrected chi connectivity index (χ2v) is 2.66. The van der Waals surface area contributed by atoms with Crippen LogP contribution in [0, 0.1) is 0 Å². The van der Waals surface area contributed by atoms with Gasteiger partial charge in [-0.05, 0) is 6.42 Å². The number of anilines is 1. The molecule has 1 aromatic heterocycles. The normalized spacial score (nSPS) is 24.2. The maximum Gasteiger partial charge on any atom is 0.292 e. The minimum atomic E-state index is 0.243. The first-order valence-corrected chi connectivity index (χ1v) is 3.65. The van der Waals surface area contributed by atoms with Gasteiger partial charge in [0.2, 0.25) is 0 Å². The molecular weight excluding hydrogens is 144 g/mol. The lowest BCUT2D eigenvalue weighted by molar-refractivity contribution is 0.191. The van der Waals surface area contributed by atoms with Gasteiger partial charge in [0.25, 0.3) is 6.01 Å². The first-order valence-electron chi connectivity index (χ1n) is 3.65. The third-order valence-electron chi connectivity index (χ3n) is 1.87. The van der Waals surface area contributed by atoms with E-state index in [1.54, 1.807) is 6.20 Å². The maximum absolute atomic E-state index is 5.33. The van der Waals surface area contributed by atoms with Crippen molar-refractivity contribution in [2.45, 2.75) is 12.3 Å². The summed E-state index contributed by atoms with van der Waals surface area (Å²) in [5, 5.41) is 0. The molecule has 0 amide bonds. The summed E-state index contributed by atoms with van der Waals surface area (Å²) in [6.45, 7) is 1.54. The quantitative estimate of drug-likeness (QED) is 0.648. The molecule has 0 bridgehead atoms. The molecule has 60 valence electrons. The standard InChI is InChI=1S/C7H10N2O2/c8-7-9-3-6(11-7)5-1-2-10-4-5/h3,5H,1-2,4H2,(H2,8,9). The van der Waals surface area contributed by atoms with Crippen LogP contribution in [0.25, 0.3) is 0 Å². The van der Waals surface area contributed by atoms with Crippen molar-refractivity contribution in [3.8, 4) is 0 Å². The zero-order valence-electron chi connectivity index (χ0n) is 6.12. The highest BCUT2D eigenvalue weighted by atomic mass is 16.5. The smallest absolute Gasteiger partial charge is 0.292 e. The fourth-order valence-corrected chi connectivity index (χ4v) is 1.25. The van der Waals surface area contributed by atoms with Crippen molar-refractivity contribution in [2.24, 2.45) is 0 Å². The van der Waals surface area contributed by atoms with Crippen molar-refractivity contribution < 1.29 is 9.15 Å². The van der Waals surface area contributed by atoms with Crippen LogP contribution in [0.3, 0.4) is 0 Å². The Morgan fingerprint density at radius 1 is 1.64 bits per heavy atom. The lowest BCUT2D eigenvalue weighted by atomic mass is 10.1. The summed E-state index contributed by atoms with van der Waals surface area (Å²) >= 11 is 0. The average Bonchev–Trinajstić information content (AvgIpc) is 2.55. The van der Waals surface area contributed by atoms with Gasteiger partial charge in [-0.2, -0.15) is 0 Å². The zero-order valence-corrected chi connectivity index (χ0v) is 6.12. The fourth-order valence-electron chi connectivity index (χ4n) is 1.25. The Labute approximate surface area is 64.4 Å². The third kappa shape index (κ3) is 1.21. The van der Waals surface area contributed by atoms with E-state index in [1.807, 2.05) is 0 Å². The number of nitrogen functional groups attached to an aromatic ring is 1. The summed E-state index contributed by atoms with van der Waals surface area (Å²) in [5.41, 5.74) is 5.33. The number of nitrogens with zero attached hydrogens (tertiary/aromatic N) is 1. The second-order valence-electron chi connectivity index (χ2n) is 2.66. The molecule has 1 atom stereocenters. The molecule has 4 heteroatoms. The van der Waals surface area contributed by atoms with Crippen LogP contribution in [0.4, 0.5) is 6.01 Å². The van der Waals surface area contributed by atoms with E-state index in [-0.39, 0.29) is 6.01 Å². The van der Waals surface area contributed by atoms with Crippen molar-refractivity contribution in [2.75, 3.05) is 18.9 Å². The van der Waals surface area contributed by atoms with Crippen LogP contribution in [-0.2, 0) is 4.74 Å². The molecule has 1 aliphatic heterocycles. The predicted octanol–water partition coefficient (Wildman–Crippen LogP) is 0.761. The van der Waals surface area contributed by atoms with Gasteiger partial charge >= 0.3 is 0 Å². The van der Waals surface area contributed by atoms with E-state index in [0.717, 1.165) is 25.4 Å². The molecule has 2 heterocycles. The van der Waals surface area contributed by atoms with E-state index < -0.39 is 0 Å². The maximum atomic E-state index is 5.33. The van der Waals surface area contributed by atoms with Gasteiger partial charge < -0.3 is 14.9 Å². The Bertz CT molecular complexity index is 240. The van der Waals surface area contributed by atoms with Gasteiger partial charge in [-0.25, -0.2) is 4.98 Å². The SMILES string of the molecule is Nc1ncc(C2CCOC2)o1. The number of hydrogen-bond donors (Lipinski definition) is 1. The van der Waals surface area contributed by atoms with E-state index in [4.69, 9.17) is 14.9 Å². The second kappa shape index (κ2) is 2.54. The Morgan fingerprint density at radius 3 is 3.09 bits per heavy atom. The van der Waals surface area contributed by atoms with Crippen molar-refractivity contribution in [1.82, 2.24) is 4.98 Å². The molecule has 2 rings (SSSR count). The highest BCUT2D eigenvalue weighted by Gasteiger charge is 2.21. The van der Waals surface area contributed by atoms with Crippen molar-refractivity contribution >= 4 is 6.01 Å². The number of oxazole rings is 1. The molecule has 1 saturated heterocycles. The molecule has 4 nitrogen and oxygen atoms in total. The van der Waals surface area contributed by atoms with Gasteiger partial charge in [0.1, 0.15) is 5.76 Å². The summed E-state index contributed by atoms with van der Waals surface area (Å²) in [5.74, 6) is 1.21. The average molecular weight is 154 g/mol. The summed E-state index contributed by atoms with van der Waals surface area (Å²) in [6, 6.07) is 0.243. The number of ether oxygens (including phenoxy) is 1. The minimum Gasteiger partial charge on any atom is -0.429 e. The van der Waals surface area contributed by atoms with E-state index >= 15 is 0 Å². The molecule has 1 aliphatic rings. The highest BCUT2D eigenvalue weighted by Crippen LogP contribution is 2.25. The first kappa shape index (κ1) is 6.67. The van der Waals surface area contributed by atoms with E-state index in [1.165, 1.54) is 0 Å². The Hall–Kier alpha value is -1.03. The lowest BCUT2D eigenvalue weighted by Crippen LogP contribution is -1.94. The van der Waals surface area contributed by atoms with E-state index in [2.05, 4.69) is 4.98 Å². The van der Waals surface area contributed by atoms with Gasteiger partial charge in [0.05, 0.1) is 12.8 Å². The van der Waals surface area contributed by atoms with E-state index in [9.17, 15) is 0 Å². The number of nitrogens with two attached hydrogens (primary N) is 1. The van der Waals surface area contributed by atoms with Gasteiger partial charge in [-0.3, -0.25) is 0 Å². The summed E-state index contributed by atoms with van der Waals surface area (Å²) < 4.78 is 10.3. The van der Waals surface area contributed by atoms with Crippen LogP contribution < -0.4 is 5.73 Å². The van der Waals surface area contributed by atoms with Crippen LogP contribution in [-0.4, -0.2) is 18.2 Å². The Morgan fingerprint density at radius 2 is 2.55 bits per heavy atom. The van der Waals surface area contributed by atoms with E-state index in [0.29, 0.717) is 5.92 Å². The molecule has 0 saturated carbocycles. The first-order chi connectivity index (χ1) is 5.36. The van der Waals surface area contributed by atoms with Gasteiger partial charge in [0.15, 0.2) is 0 Å². The summed E-state index contributed by atoms with van der Waals surface area (Å²) in [7, 11) is 0. The van der Waals surface area contributed by atoms with Crippen LogP contribution in [0.5, 0.6) is 0 Å². The number of aromatic nitrogens is 1. The fraction of sp³-hybridized carbons (Fsp3) is 0.571. The molecule has 0 radical (unpaired) electrons. The molecule has 1 aromatic rings. The van der Waals surface area contributed by atoms with Crippen LogP contribution in [0.1, 0.15) is 18.1 Å². The van der Waals surface area contributed by atoms with Crippen molar-refractivity contribution in [1.29, 1.82) is 0 Å². The van der Waals surface area contributed by atoms with Crippen LogP contribution in [0.15, 0.2) is 10.6 Å². The van der Waals surface area contributed by atoms with Crippen LogP contribution in [0.2, 0.25) is 0 Å². The Kier molecular flexibility index (Phi) is 1.54. The van der Waals surface area contributed by atoms with Crippen molar-refractivity contribution in [3.05, 3.63) is 12.0 Å². The minimum absolute atomic E-state index is 0.243. The number of rotatable bonds is 1. The molecule has 0 spiro atoms. The summed E-state index contributed by atoms with van der Waals surface area (Å²) in [6.07, 6.45) is 2.68. The molecule has 1 unspecified atom stereocenters. The monoisotopic (exact) mass is 154 g/mol. The lowest BCUT2D eigenvalue weighted by Gasteiger charge is -1.99. The molecule has 0 aromatic carbocycles. The van der Waals surface area contributed by atoms with Gasteiger partial charge in [0, 0.05) is 12.5 Å². The zero-order chi connectivity index (χ0) is 7.68. The molecular formula is C7H10N2O2. The number of hydrogen-bond acceptors (Lipinski definition) is 4. The molecule has 11 heavy (non-hydrogen) atoms. The highest BCUT2D eigenvalue weighted by molar-refractivity contribution is 5.14. The summed E-state index contributed by atoms with van der Waals surface area (Å²) in [4.78, 5) is 3.82. The molecule has 0 aliphatic carbocycles. The topological polar surface area (TPSA) is 61.3 Å². The predicted molar refractivity (Wildman–Crippen MR) is 39.1 cm³/mol. The largest absolute Gasteiger partial charge is 0.429 e. The van der Waals surface area contributed by atoms with Gasteiger partial charge in [-0.1, -0.05) is 0 Å². The van der Waals surface area contributed by atoms with Crippen LogP contribution >= 0.6 is 0 Å².